The lowest BCUT2D eigenvalue weighted by Crippen LogP contribution is -2.30. The number of aromatic hydroxyl groups is 1. The average Bonchev–Trinajstić information content (AvgIpc) is 2.88. The fourth-order valence-electron chi connectivity index (χ4n) is 1.77. The Balaban J connectivity index is 2.39. The standard InChI is InChI=1S/C13H14N2O3/c1-3-15(13(17)12-6-7-14-18-12)11-8-10(16)5-4-9(11)2/h4-8,16H,3H2,1-2H3. The molecule has 0 saturated heterocycles. The summed E-state index contributed by atoms with van der Waals surface area (Å²) in [5.41, 5.74) is 1.57. The highest BCUT2D eigenvalue weighted by Crippen LogP contribution is 2.26. The molecule has 0 aliphatic rings. The zero-order chi connectivity index (χ0) is 13.1. The van der Waals surface area contributed by atoms with E-state index in [0.29, 0.717) is 12.2 Å². The monoisotopic (exact) mass is 246 g/mol. The van der Waals surface area contributed by atoms with Crippen LogP contribution >= 0.6 is 0 Å². The number of carbonyl (C=O) groups is 1. The number of aromatic nitrogens is 1. The number of hydrogen-bond acceptors (Lipinski definition) is 4. The van der Waals surface area contributed by atoms with Crippen LogP contribution in [0.1, 0.15) is 23.0 Å². The van der Waals surface area contributed by atoms with Crippen LogP contribution in [0, 0.1) is 6.92 Å². The van der Waals surface area contributed by atoms with Crippen LogP contribution in [0.15, 0.2) is 35.0 Å². The first kappa shape index (κ1) is 12.2. The van der Waals surface area contributed by atoms with Crippen LogP contribution in [0.3, 0.4) is 0 Å². The predicted molar refractivity (Wildman–Crippen MR) is 66.7 cm³/mol. The van der Waals surface area contributed by atoms with Gasteiger partial charge in [0.05, 0.1) is 11.9 Å². The summed E-state index contributed by atoms with van der Waals surface area (Å²) in [6.45, 7) is 4.21. The van der Waals surface area contributed by atoms with Crippen molar-refractivity contribution in [3.05, 3.63) is 41.8 Å². The molecule has 0 saturated carbocycles. The summed E-state index contributed by atoms with van der Waals surface area (Å²) < 4.78 is 4.87. The summed E-state index contributed by atoms with van der Waals surface area (Å²) in [5.74, 6) is 0.0303. The van der Waals surface area contributed by atoms with Crippen molar-refractivity contribution in [1.29, 1.82) is 0 Å². The molecule has 0 atom stereocenters. The second-order valence-electron chi connectivity index (χ2n) is 3.90. The fourth-order valence-corrected chi connectivity index (χ4v) is 1.77. The maximum absolute atomic E-state index is 12.2. The molecular weight excluding hydrogens is 232 g/mol. The highest BCUT2D eigenvalue weighted by Gasteiger charge is 2.20. The number of benzene rings is 1. The second-order valence-corrected chi connectivity index (χ2v) is 3.90. The third-order valence-corrected chi connectivity index (χ3v) is 2.69. The predicted octanol–water partition coefficient (Wildman–Crippen LogP) is 2.36. The SMILES string of the molecule is CCN(C(=O)c1ccno1)c1cc(O)ccc1C. The summed E-state index contributed by atoms with van der Waals surface area (Å²) in [6, 6.07) is 6.43. The van der Waals surface area contributed by atoms with Crippen molar-refractivity contribution in [3.63, 3.8) is 0 Å². The van der Waals surface area contributed by atoms with E-state index in [1.165, 1.54) is 17.2 Å². The number of phenolic OH excluding ortho intramolecular Hbond substituents is 1. The van der Waals surface area contributed by atoms with Crippen LogP contribution in [0.5, 0.6) is 5.75 Å². The molecule has 0 unspecified atom stereocenters. The van der Waals surface area contributed by atoms with Gasteiger partial charge in [-0.2, -0.15) is 0 Å². The van der Waals surface area contributed by atoms with Gasteiger partial charge < -0.3 is 14.5 Å². The van der Waals surface area contributed by atoms with Gasteiger partial charge in [-0.05, 0) is 25.5 Å². The van der Waals surface area contributed by atoms with E-state index < -0.39 is 0 Å². The minimum absolute atomic E-state index is 0.124. The maximum Gasteiger partial charge on any atom is 0.296 e. The average molecular weight is 246 g/mol. The van der Waals surface area contributed by atoms with E-state index in [9.17, 15) is 9.90 Å². The van der Waals surface area contributed by atoms with Gasteiger partial charge in [-0.15, -0.1) is 0 Å². The van der Waals surface area contributed by atoms with Crippen LogP contribution in [0.25, 0.3) is 0 Å². The van der Waals surface area contributed by atoms with Crippen LogP contribution in [-0.4, -0.2) is 22.7 Å². The van der Waals surface area contributed by atoms with Crippen molar-refractivity contribution in [2.45, 2.75) is 13.8 Å². The molecule has 2 aromatic rings. The van der Waals surface area contributed by atoms with Gasteiger partial charge >= 0.3 is 0 Å². The Morgan fingerprint density at radius 1 is 1.44 bits per heavy atom. The topological polar surface area (TPSA) is 66.6 Å². The number of nitrogens with zero attached hydrogens (tertiary/aromatic N) is 2. The maximum atomic E-state index is 12.2. The van der Waals surface area contributed by atoms with E-state index in [0.717, 1.165) is 5.56 Å². The van der Waals surface area contributed by atoms with Crippen LogP contribution < -0.4 is 4.90 Å². The fraction of sp³-hybridized carbons (Fsp3) is 0.231. The van der Waals surface area contributed by atoms with Gasteiger partial charge in [0.2, 0.25) is 5.76 Å². The molecule has 0 radical (unpaired) electrons. The zero-order valence-electron chi connectivity index (χ0n) is 10.3. The third-order valence-electron chi connectivity index (χ3n) is 2.69. The van der Waals surface area contributed by atoms with Gasteiger partial charge in [0.15, 0.2) is 0 Å². The van der Waals surface area contributed by atoms with E-state index in [1.54, 1.807) is 18.2 Å². The summed E-state index contributed by atoms with van der Waals surface area (Å²) in [6.07, 6.45) is 1.43. The summed E-state index contributed by atoms with van der Waals surface area (Å²) in [7, 11) is 0. The quantitative estimate of drug-likeness (QED) is 0.902. The number of aryl methyl sites for hydroxylation is 1. The molecule has 94 valence electrons. The van der Waals surface area contributed by atoms with Gasteiger partial charge in [-0.1, -0.05) is 11.2 Å². The summed E-state index contributed by atoms with van der Waals surface area (Å²) in [5, 5.41) is 13.0. The number of carbonyl (C=O) groups excluding carboxylic acids is 1. The molecule has 0 fully saturated rings. The molecule has 18 heavy (non-hydrogen) atoms. The van der Waals surface area contributed by atoms with Crippen molar-refractivity contribution >= 4 is 11.6 Å². The van der Waals surface area contributed by atoms with Gasteiger partial charge in [-0.3, -0.25) is 4.79 Å². The van der Waals surface area contributed by atoms with E-state index in [4.69, 9.17) is 4.52 Å². The largest absolute Gasteiger partial charge is 0.508 e. The molecule has 5 heteroatoms. The third kappa shape index (κ3) is 2.20. The Hall–Kier alpha value is -2.30. The highest BCUT2D eigenvalue weighted by molar-refractivity contribution is 6.04. The lowest BCUT2D eigenvalue weighted by molar-refractivity contribution is 0.0952. The van der Waals surface area contributed by atoms with Crippen molar-refractivity contribution < 1.29 is 14.4 Å². The molecule has 1 amide bonds. The summed E-state index contributed by atoms with van der Waals surface area (Å²) >= 11 is 0. The van der Waals surface area contributed by atoms with Gasteiger partial charge in [0.25, 0.3) is 5.91 Å². The molecule has 1 aromatic carbocycles. The first-order chi connectivity index (χ1) is 8.63. The number of amides is 1. The lowest BCUT2D eigenvalue weighted by Gasteiger charge is -2.21. The molecule has 1 aromatic heterocycles. The number of hydrogen-bond donors (Lipinski definition) is 1. The zero-order valence-corrected chi connectivity index (χ0v) is 10.3. The molecule has 0 aliphatic carbocycles. The van der Waals surface area contributed by atoms with Crippen LogP contribution in [0.2, 0.25) is 0 Å². The molecule has 0 bridgehead atoms. The number of anilines is 1. The van der Waals surface area contributed by atoms with Crippen molar-refractivity contribution in [2.24, 2.45) is 0 Å². The molecule has 2 rings (SSSR count). The minimum atomic E-state index is -0.274. The number of phenols is 1. The smallest absolute Gasteiger partial charge is 0.296 e. The van der Waals surface area contributed by atoms with Crippen molar-refractivity contribution in [3.8, 4) is 5.75 Å². The lowest BCUT2D eigenvalue weighted by atomic mass is 10.1. The Morgan fingerprint density at radius 2 is 2.22 bits per heavy atom. The first-order valence-electron chi connectivity index (χ1n) is 5.65. The van der Waals surface area contributed by atoms with E-state index in [2.05, 4.69) is 5.16 Å². The van der Waals surface area contributed by atoms with E-state index >= 15 is 0 Å². The highest BCUT2D eigenvalue weighted by atomic mass is 16.5. The molecular formula is C13H14N2O3. The van der Waals surface area contributed by atoms with Crippen molar-refractivity contribution in [2.75, 3.05) is 11.4 Å². The van der Waals surface area contributed by atoms with Gasteiger partial charge in [0.1, 0.15) is 5.75 Å². The Kier molecular flexibility index (Phi) is 3.32. The Labute approximate surface area is 105 Å². The number of rotatable bonds is 3. The van der Waals surface area contributed by atoms with Crippen molar-refractivity contribution in [1.82, 2.24) is 5.16 Å². The van der Waals surface area contributed by atoms with E-state index in [-0.39, 0.29) is 17.4 Å². The second kappa shape index (κ2) is 4.91. The van der Waals surface area contributed by atoms with Crippen LogP contribution in [0.4, 0.5) is 5.69 Å². The Morgan fingerprint density at radius 3 is 2.83 bits per heavy atom. The molecule has 0 aliphatic heterocycles. The Bertz CT molecular complexity index is 549. The van der Waals surface area contributed by atoms with Crippen LogP contribution in [-0.2, 0) is 0 Å². The van der Waals surface area contributed by atoms with E-state index in [1.807, 2.05) is 13.8 Å². The molecule has 1 heterocycles. The summed E-state index contributed by atoms with van der Waals surface area (Å²) in [4.78, 5) is 13.7. The van der Waals surface area contributed by atoms with Gasteiger partial charge in [0, 0.05) is 18.7 Å². The molecule has 1 N–H and O–H groups in total. The first-order valence-corrected chi connectivity index (χ1v) is 5.65. The molecule has 5 nitrogen and oxygen atoms in total. The normalized spacial score (nSPS) is 10.3. The minimum Gasteiger partial charge on any atom is -0.508 e. The molecule has 0 spiro atoms. The van der Waals surface area contributed by atoms with Gasteiger partial charge in [-0.25, -0.2) is 0 Å².